The van der Waals surface area contributed by atoms with Gasteiger partial charge in [0.1, 0.15) is 0 Å². The molecule has 1 aliphatic rings. The highest BCUT2D eigenvalue weighted by molar-refractivity contribution is 7.89. The molecule has 2 heterocycles. The van der Waals surface area contributed by atoms with Crippen molar-refractivity contribution < 1.29 is 8.42 Å². The van der Waals surface area contributed by atoms with Gasteiger partial charge in [0.15, 0.2) is 5.82 Å². The van der Waals surface area contributed by atoms with Crippen LogP contribution < -0.4 is 10.0 Å². The fraction of sp³-hybridized carbons (Fsp3) is 0.412. The molecule has 2 aromatic rings. The van der Waals surface area contributed by atoms with Crippen LogP contribution in [-0.4, -0.2) is 31.2 Å². The lowest BCUT2D eigenvalue weighted by molar-refractivity contribution is 0.480. The van der Waals surface area contributed by atoms with Gasteiger partial charge in [0.25, 0.3) is 0 Å². The lowest BCUT2D eigenvalue weighted by Crippen LogP contribution is -2.38. The molecule has 0 unspecified atom stereocenters. The van der Waals surface area contributed by atoms with Crippen LogP contribution in [0.1, 0.15) is 31.7 Å². The van der Waals surface area contributed by atoms with E-state index in [4.69, 9.17) is 5.14 Å². The Bertz CT molecular complexity index is 834. The van der Waals surface area contributed by atoms with Crippen molar-refractivity contribution in [1.29, 1.82) is 0 Å². The van der Waals surface area contributed by atoms with Gasteiger partial charge < -0.3 is 4.90 Å². The van der Waals surface area contributed by atoms with Crippen molar-refractivity contribution >= 4 is 15.8 Å². The molecule has 1 fully saturated rings. The van der Waals surface area contributed by atoms with E-state index in [0.717, 1.165) is 12.4 Å². The second-order valence-corrected chi connectivity index (χ2v) is 7.87. The zero-order valence-electron chi connectivity index (χ0n) is 13.9. The number of benzene rings is 1. The van der Waals surface area contributed by atoms with Crippen LogP contribution in [0.5, 0.6) is 0 Å². The molecule has 1 saturated heterocycles. The number of primary sulfonamides is 1. The van der Waals surface area contributed by atoms with Gasteiger partial charge in [0, 0.05) is 18.2 Å². The molecule has 1 aromatic carbocycles. The zero-order chi connectivity index (χ0) is 17.3. The molecule has 0 aliphatic carbocycles. The van der Waals surface area contributed by atoms with Gasteiger partial charge in [-0.25, -0.2) is 13.6 Å². The van der Waals surface area contributed by atoms with Crippen molar-refractivity contribution in [3.8, 4) is 11.3 Å². The summed E-state index contributed by atoms with van der Waals surface area (Å²) >= 11 is 0. The van der Waals surface area contributed by atoms with E-state index >= 15 is 0 Å². The highest BCUT2D eigenvalue weighted by Crippen LogP contribution is 2.26. The molecule has 2 N–H and O–H groups in total. The minimum Gasteiger partial charge on any atom is -0.352 e. The Labute approximate surface area is 142 Å². The summed E-state index contributed by atoms with van der Waals surface area (Å²) in [6.45, 7) is 4.92. The molecule has 128 valence electrons. The molecular formula is C17H22N4O2S. The molecule has 6 nitrogen and oxygen atoms in total. The maximum absolute atomic E-state index is 11.7. The van der Waals surface area contributed by atoms with E-state index in [1.54, 1.807) is 19.1 Å². The van der Waals surface area contributed by atoms with E-state index in [1.807, 2.05) is 18.2 Å². The van der Waals surface area contributed by atoms with E-state index in [-0.39, 0.29) is 4.90 Å². The minimum absolute atomic E-state index is 0.121. The van der Waals surface area contributed by atoms with Crippen LogP contribution in [0.2, 0.25) is 0 Å². The standard InChI is InChI=1S/C17H22N4O2S/c1-12-6-7-14(11-16(12)24(18,22)23)15-8-9-17(20-19-15)21-10-4-3-5-13(21)2/h6-9,11,13H,3-5,10H2,1-2H3,(H2,18,22,23)/t13-/m1/s1. The Morgan fingerprint density at radius 3 is 2.58 bits per heavy atom. The SMILES string of the molecule is Cc1ccc(-c2ccc(N3CCCC[C@H]3C)nn2)cc1S(N)(=O)=O. The maximum atomic E-state index is 11.7. The number of rotatable bonds is 3. The van der Waals surface area contributed by atoms with Crippen LogP contribution in [0.4, 0.5) is 5.82 Å². The first-order valence-corrected chi connectivity index (χ1v) is 9.65. The second-order valence-electron chi connectivity index (χ2n) is 6.34. The van der Waals surface area contributed by atoms with Crippen molar-refractivity contribution in [2.75, 3.05) is 11.4 Å². The fourth-order valence-electron chi connectivity index (χ4n) is 3.14. The Hall–Kier alpha value is -1.99. The Morgan fingerprint density at radius 1 is 1.17 bits per heavy atom. The number of hydrogen-bond acceptors (Lipinski definition) is 5. The predicted octanol–water partition coefficient (Wildman–Crippen LogP) is 2.48. The lowest BCUT2D eigenvalue weighted by Gasteiger charge is -2.34. The third-order valence-electron chi connectivity index (χ3n) is 4.54. The first kappa shape index (κ1) is 16.9. The topological polar surface area (TPSA) is 89.2 Å². The van der Waals surface area contributed by atoms with Crippen molar-refractivity contribution in [3.63, 3.8) is 0 Å². The van der Waals surface area contributed by atoms with Crippen molar-refractivity contribution in [1.82, 2.24) is 10.2 Å². The number of nitrogens with zero attached hydrogens (tertiary/aromatic N) is 3. The van der Waals surface area contributed by atoms with Crippen LogP contribution in [0.3, 0.4) is 0 Å². The third kappa shape index (κ3) is 3.42. The number of hydrogen-bond donors (Lipinski definition) is 1. The summed E-state index contributed by atoms with van der Waals surface area (Å²) in [5.74, 6) is 0.865. The molecule has 3 rings (SSSR count). The van der Waals surface area contributed by atoms with Crippen LogP contribution in [-0.2, 0) is 10.0 Å². The normalized spacial score (nSPS) is 18.6. The minimum atomic E-state index is -3.75. The molecule has 0 saturated carbocycles. The van der Waals surface area contributed by atoms with Crippen molar-refractivity contribution in [2.45, 2.75) is 44.0 Å². The molecule has 1 aromatic heterocycles. The quantitative estimate of drug-likeness (QED) is 0.922. The van der Waals surface area contributed by atoms with E-state index < -0.39 is 10.0 Å². The number of nitrogens with two attached hydrogens (primary N) is 1. The molecule has 1 atom stereocenters. The Morgan fingerprint density at radius 2 is 1.96 bits per heavy atom. The number of sulfonamides is 1. The maximum Gasteiger partial charge on any atom is 0.238 e. The van der Waals surface area contributed by atoms with Crippen LogP contribution in [0.15, 0.2) is 35.2 Å². The van der Waals surface area contributed by atoms with Crippen LogP contribution in [0, 0.1) is 6.92 Å². The largest absolute Gasteiger partial charge is 0.352 e. The van der Waals surface area contributed by atoms with Gasteiger partial charge in [-0.1, -0.05) is 12.1 Å². The summed E-state index contributed by atoms with van der Waals surface area (Å²) in [4.78, 5) is 2.39. The number of aromatic nitrogens is 2. The van der Waals surface area contributed by atoms with Gasteiger partial charge in [-0.05, 0) is 56.9 Å². The van der Waals surface area contributed by atoms with E-state index in [1.165, 1.54) is 19.3 Å². The van der Waals surface area contributed by atoms with E-state index in [9.17, 15) is 8.42 Å². The van der Waals surface area contributed by atoms with E-state index in [2.05, 4.69) is 22.0 Å². The molecule has 0 bridgehead atoms. The molecule has 0 spiro atoms. The highest BCUT2D eigenvalue weighted by Gasteiger charge is 2.20. The molecule has 0 radical (unpaired) electrons. The molecule has 24 heavy (non-hydrogen) atoms. The van der Waals surface area contributed by atoms with Crippen molar-refractivity contribution in [2.24, 2.45) is 5.14 Å². The average molecular weight is 346 g/mol. The lowest BCUT2D eigenvalue weighted by atomic mass is 10.0. The number of piperidine rings is 1. The fourth-order valence-corrected chi connectivity index (χ4v) is 3.94. The number of aryl methyl sites for hydroxylation is 1. The Balaban J connectivity index is 1.91. The monoisotopic (exact) mass is 346 g/mol. The van der Waals surface area contributed by atoms with Gasteiger partial charge in [-0.3, -0.25) is 0 Å². The summed E-state index contributed by atoms with van der Waals surface area (Å²) in [6.07, 6.45) is 3.59. The summed E-state index contributed by atoms with van der Waals surface area (Å²) in [5.41, 5.74) is 1.94. The van der Waals surface area contributed by atoms with Crippen LogP contribution in [0.25, 0.3) is 11.3 Å². The van der Waals surface area contributed by atoms with E-state index in [0.29, 0.717) is 22.9 Å². The number of anilines is 1. The van der Waals surface area contributed by atoms with Crippen LogP contribution >= 0.6 is 0 Å². The highest BCUT2D eigenvalue weighted by atomic mass is 32.2. The van der Waals surface area contributed by atoms with Crippen molar-refractivity contribution in [3.05, 3.63) is 35.9 Å². The first-order chi connectivity index (χ1) is 11.4. The van der Waals surface area contributed by atoms with Gasteiger partial charge in [-0.15, -0.1) is 10.2 Å². The second kappa shape index (κ2) is 6.49. The third-order valence-corrected chi connectivity index (χ3v) is 5.59. The Kier molecular flexibility index (Phi) is 4.56. The predicted molar refractivity (Wildman–Crippen MR) is 94.2 cm³/mol. The summed E-state index contributed by atoms with van der Waals surface area (Å²) < 4.78 is 23.3. The summed E-state index contributed by atoms with van der Waals surface area (Å²) in [6, 6.07) is 9.40. The zero-order valence-corrected chi connectivity index (χ0v) is 14.8. The smallest absolute Gasteiger partial charge is 0.238 e. The average Bonchev–Trinajstić information content (AvgIpc) is 2.55. The first-order valence-electron chi connectivity index (χ1n) is 8.10. The van der Waals surface area contributed by atoms with Gasteiger partial charge >= 0.3 is 0 Å². The summed E-state index contributed by atoms with van der Waals surface area (Å²) in [7, 11) is -3.75. The molecule has 7 heteroatoms. The molecule has 1 aliphatic heterocycles. The molecule has 0 amide bonds. The summed E-state index contributed by atoms with van der Waals surface area (Å²) in [5, 5.41) is 13.9. The van der Waals surface area contributed by atoms with Gasteiger partial charge in [0.2, 0.25) is 10.0 Å². The molecular weight excluding hydrogens is 324 g/mol. The van der Waals surface area contributed by atoms with Gasteiger partial charge in [-0.2, -0.15) is 0 Å². The van der Waals surface area contributed by atoms with Gasteiger partial charge in [0.05, 0.1) is 10.6 Å².